The molecule has 6 heteroatoms. The number of aromatic amines is 1. The zero-order chi connectivity index (χ0) is 13.8. The van der Waals surface area contributed by atoms with Crippen molar-refractivity contribution in [1.82, 2.24) is 15.3 Å². The average Bonchev–Trinajstić information content (AvgIpc) is 3.13. The normalized spacial score (nSPS) is 14.4. The van der Waals surface area contributed by atoms with Gasteiger partial charge in [0.2, 0.25) is 6.79 Å². The van der Waals surface area contributed by atoms with Crippen LogP contribution in [-0.4, -0.2) is 29.1 Å². The lowest BCUT2D eigenvalue weighted by Crippen LogP contribution is -2.23. The van der Waals surface area contributed by atoms with E-state index in [-0.39, 0.29) is 6.04 Å². The lowest BCUT2D eigenvalue weighted by Gasteiger charge is -2.17. The summed E-state index contributed by atoms with van der Waals surface area (Å²) in [6.07, 6.45) is 3.61. The second-order valence-corrected chi connectivity index (χ2v) is 5.44. The molecule has 0 radical (unpaired) electrons. The fourth-order valence-corrected chi connectivity index (χ4v) is 3.06. The van der Waals surface area contributed by atoms with Crippen molar-refractivity contribution in [1.29, 1.82) is 0 Å². The number of ether oxygens (including phenoxy) is 2. The summed E-state index contributed by atoms with van der Waals surface area (Å²) >= 11 is 1.70. The molecular weight excluding hydrogens is 274 g/mol. The lowest BCUT2D eigenvalue weighted by atomic mass is 10.1. The smallest absolute Gasteiger partial charge is 0.231 e. The summed E-state index contributed by atoms with van der Waals surface area (Å²) in [4.78, 5) is 7.34. The van der Waals surface area contributed by atoms with Gasteiger partial charge in [0, 0.05) is 24.2 Å². The highest BCUT2D eigenvalue weighted by Gasteiger charge is 2.18. The van der Waals surface area contributed by atoms with Crippen LogP contribution in [0, 0.1) is 0 Å². The van der Waals surface area contributed by atoms with Crippen molar-refractivity contribution in [2.75, 3.05) is 19.1 Å². The monoisotopic (exact) mass is 291 g/mol. The van der Waals surface area contributed by atoms with Gasteiger partial charge in [-0.2, -0.15) is 0 Å². The molecule has 1 atom stereocenters. The van der Waals surface area contributed by atoms with Crippen LogP contribution in [0.5, 0.6) is 11.5 Å². The summed E-state index contributed by atoms with van der Waals surface area (Å²) in [6.45, 7) is 3.33. The Bertz CT molecular complexity index is 560. The van der Waals surface area contributed by atoms with Gasteiger partial charge in [0.15, 0.2) is 16.7 Å². The Morgan fingerprint density at radius 3 is 3.10 bits per heavy atom. The van der Waals surface area contributed by atoms with Gasteiger partial charge in [-0.3, -0.25) is 0 Å². The van der Waals surface area contributed by atoms with Crippen LogP contribution in [0.25, 0.3) is 0 Å². The summed E-state index contributed by atoms with van der Waals surface area (Å²) in [6, 6.07) is 6.37. The standard InChI is InChI=1S/C14H17N3O2S/c1-2-15-11(8-20-14-16-5-6-17-14)10-3-4-12-13(7-10)19-9-18-12/h3-7,11,15H,2,8-9H2,1H3,(H,16,17). The summed E-state index contributed by atoms with van der Waals surface area (Å²) in [5, 5.41) is 4.43. The van der Waals surface area contributed by atoms with Gasteiger partial charge in [-0.25, -0.2) is 4.98 Å². The van der Waals surface area contributed by atoms with E-state index in [9.17, 15) is 0 Å². The lowest BCUT2D eigenvalue weighted by molar-refractivity contribution is 0.174. The third-order valence-electron chi connectivity index (χ3n) is 3.11. The topological polar surface area (TPSA) is 59.2 Å². The minimum atomic E-state index is 0.254. The summed E-state index contributed by atoms with van der Waals surface area (Å²) < 4.78 is 10.8. The Balaban J connectivity index is 1.72. The van der Waals surface area contributed by atoms with Crippen molar-refractivity contribution in [3.63, 3.8) is 0 Å². The van der Waals surface area contributed by atoms with Gasteiger partial charge in [-0.1, -0.05) is 24.8 Å². The summed E-state index contributed by atoms with van der Waals surface area (Å²) in [7, 11) is 0. The molecule has 20 heavy (non-hydrogen) atoms. The van der Waals surface area contributed by atoms with E-state index in [2.05, 4.69) is 34.3 Å². The van der Waals surface area contributed by atoms with Gasteiger partial charge in [-0.05, 0) is 24.2 Å². The van der Waals surface area contributed by atoms with Gasteiger partial charge < -0.3 is 19.8 Å². The molecule has 0 fully saturated rings. The quantitative estimate of drug-likeness (QED) is 0.801. The maximum absolute atomic E-state index is 5.44. The molecule has 1 aromatic carbocycles. The number of aromatic nitrogens is 2. The van der Waals surface area contributed by atoms with Crippen LogP contribution in [0.3, 0.4) is 0 Å². The Morgan fingerprint density at radius 2 is 2.30 bits per heavy atom. The molecule has 2 heterocycles. The van der Waals surface area contributed by atoms with E-state index in [0.717, 1.165) is 29.0 Å². The van der Waals surface area contributed by atoms with Crippen LogP contribution in [0.2, 0.25) is 0 Å². The Kier molecular flexibility index (Phi) is 4.13. The number of thioether (sulfide) groups is 1. The van der Waals surface area contributed by atoms with Crippen LogP contribution >= 0.6 is 11.8 Å². The van der Waals surface area contributed by atoms with E-state index in [1.54, 1.807) is 18.0 Å². The van der Waals surface area contributed by atoms with Gasteiger partial charge in [0.05, 0.1) is 0 Å². The molecule has 0 saturated carbocycles. The molecular formula is C14H17N3O2S. The molecule has 3 rings (SSSR count). The van der Waals surface area contributed by atoms with Crippen LogP contribution in [0.15, 0.2) is 35.7 Å². The van der Waals surface area contributed by atoms with E-state index in [1.165, 1.54) is 5.56 Å². The number of hydrogen-bond acceptors (Lipinski definition) is 5. The number of hydrogen-bond donors (Lipinski definition) is 2. The first-order valence-electron chi connectivity index (χ1n) is 6.62. The number of fused-ring (bicyclic) bond motifs is 1. The largest absolute Gasteiger partial charge is 0.454 e. The van der Waals surface area contributed by atoms with E-state index in [4.69, 9.17) is 9.47 Å². The zero-order valence-electron chi connectivity index (χ0n) is 11.3. The summed E-state index contributed by atoms with van der Waals surface area (Å²) in [5.41, 5.74) is 1.20. The van der Waals surface area contributed by atoms with Crippen molar-refractivity contribution in [2.24, 2.45) is 0 Å². The molecule has 5 nitrogen and oxygen atoms in total. The third kappa shape index (κ3) is 2.91. The van der Waals surface area contributed by atoms with Gasteiger partial charge >= 0.3 is 0 Å². The van der Waals surface area contributed by atoms with Gasteiger partial charge in [0.1, 0.15) is 0 Å². The first-order valence-corrected chi connectivity index (χ1v) is 7.60. The van der Waals surface area contributed by atoms with Crippen LogP contribution < -0.4 is 14.8 Å². The molecule has 1 aliphatic heterocycles. The fraction of sp³-hybridized carbons (Fsp3) is 0.357. The first kappa shape index (κ1) is 13.3. The summed E-state index contributed by atoms with van der Waals surface area (Å²) in [5.74, 6) is 2.55. The maximum atomic E-state index is 5.44. The second kappa shape index (κ2) is 6.19. The second-order valence-electron chi connectivity index (χ2n) is 4.43. The number of nitrogens with zero attached hydrogens (tertiary/aromatic N) is 1. The molecule has 0 amide bonds. The van der Waals surface area contributed by atoms with Crippen LogP contribution in [-0.2, 0) is 0 Å². The minimum Gasteiger partial charge on any atom is -0.454 e. The Hall–Kier alpha value is -1.66. The number of benzene rings is 1. The van der Waals surface area contributed by atoms with Crippen LogP contribution in [0.1, 0.15) is 18.5 Å². The molecule has 0 aliphatic carbocycles. The molecule has 2 aromatic rings. The number of rotatable bonds is 6. The van der Waals surface area contributed by atoms with Gasteiger partial charge in [0.25, 0.3) is 0 Å². The highest BCUT2D eigenvalue weighted by atomic mass is 32.2. The van der Waals surface area contributed by atoms with E-state index in [1.807, 2.05) is 12.3 Å². The SMILES string of the molecule is CCNC(CSc1ncc[nH]1)c1ccc2c(c1)OCO2. The molecule has 1 aliphatic rings. The van der Waals surface area contributed by atoms with Gasteiger partial charge in [-0.15, -0.1) is 0 Å². The van der Waals surface area contributed by atoms with E-state index in [0.29, 0.717) is 6.79 Å². The molecule has 1 aromatic heterocycles. The minimum absolute atomic E-state index is 0.254. The van der Waals surface area contributed by atoms with Crippen molar-refractivity contribution < 1.29 is 9.47 Å². The number of H-pyrrole nitrogens is 1. The molecule has 0 bridgehead atoms. The van der Waals surface area contributed by atoms with Crippen molar-refractivity contribution in [2.45, 2.75) is 18.1 Å². The van der Waals surface area contributed by atoms with Crippen molar-refractivity contribution in [3.05, 3.63) is 36.2 Å². The molecule has 106 valence electrons. The predicted molar refractivity (Wildman–Crippen MR) is 78.3 cm³/mol. The zero-order valence-corrected chi connectivity index (χ0v) is 12.1. The fourth-order valence-electron chi connectivity index (χ4n) is 2.14. The molecule has 2 N–H and O–H groups in total. The molecule has 1 unspecified atom stereocenters. The first-order chi connectivity index (χ1) is 9.86. The molecule has 0 spiro atoms. The number of imidazole rings is 1. The van der Waals surface area contributed by atoms with Crippen LogP contribution in [0.4, 0.5) is 0 Å². The van der Waals surface area contributed by atoms with E-state index < -0.39 is 0 Å². The number of nitrogens with one attached hydrogen (secondary N) is 2. The Morgan fingerprint density at radius 1 is 1.40 bits per heavy atom. The van der Waals surface area contributed by atoms with E-state index >= 15 is 0 Å². The van der Waals surface area contributed by atoms with Crippen molar-refractivity contribution >= 4 is 11.8 Å². The Labute approximate surface area is 122 Å². The maximum Gasteiger partial charge on any atom is 0.231 e. The average molecular weight is 291 g/mol. The molecule has 0 saturated heterocycles. The predicted octanol–water partition coefficient (Wildman–Crippen LogP) is 2.58. The highest BCUT2D eigenvalue weighted by molar-refractivity contribution is 7.99. The van der Waals surface area contributed by atoms with Crippen molar-refractivity contribution in [3.8, 4) is 11.5 Å². The highest BCUT2D eigenvalue weighted by Crippen LogP contribution is 2.35. The third-order valence-corrected chi connectivity index (χ3v) is 4.11.